The molecule has 0 heterocycles. The van der Waals surface area contributed by atoms with Crippen molar-refractivity contribution >= 4 is 18.0 Å². The minimum Gasteiger partial charge on any atom is -0.466 e. The molecule has 0 atom stereocenters. The van der Waals surface area contributed by atoms with Gasteiger partial charge in [-0.3, -0.25) is 4.79 Å². The first-order valence-electron chi connectivity index (χ1n) is 4.74. The highest BCUT2D eigenvalue weighted by Crippen LogP contribution is 2.06. The van der Waals surface area contributed by atoms with Crippen LogP contribution in [0.2, 0.25) is 0 Å². The van der Waals surface area contributed by atoms with Crippen molar-refractivity contribution in [1.82, 2.24) is 0 Å². The number of methoxy groups -OCH3 is 1. The topological polar surface area (TPSA) is 79.8 Å². The van der Waals surface area contributed by atoms with E-state index >= 15 is 0 Å². The van der Waals surface area contributed by atoms with Crippen LogP contribution in [-0.4, -0.2) is 29.9 Å². The van der Waals surface area contributed by atoms with E-state index in [0.717, 1.165) is 11.8 Å². The first kappa shape index (κ1) is 14.0. The predicted molar refractivity (Wildman–Crippen MR) is 58.8 cm³/mol. The Morgan fingerprint density at radius 1 is 1.38 bits per heavy atom. The second kappa shape index (κ2) is 8.32. The van der Waals surface area contributed by atoms with Gasteiger partial charge in [-0.2, -0.15) is 4.79 Å². The Bertz CT molecular complexity index is 352. The van der Waals surface area contributed by atoms with Gasteiger partial charge in [0.15, 0.2) is 0 Å². The van der Waals surface area contributed by atoms with E-state index in [0.29, 0.717) is 12.8 Å². The number of carbonyl (C=O) groups is 2. The highest BCUT2D eigenvalue weighted by molar-refractivity contribution is 6.25. The molecule has 0 fully saturated rings. The van der Waals surface area contributed by atoms with Crippen LogP contribution in [0.3, 0.4) is 0 Å². The summed E-state index contributed by atoms with van der Waals surface area (Å²) in [5, 5.41) is 0. The Morgan fingerprint density at radius 2 is 2.06 bits per heavy atom. The Hall–Kier alpha value is -2.00. The summed E-state index contributed by atoms with van der Waals surface area (Å²) in [5.41, 5.74) is 8.82. The molecular formula is C11H14N2O3. The number of allylic oxidation sites excluding steroid dienone is 2. The number of ether oxygens (including phenoxy) is 1. The molecule has 5 nitrogen and oxygen atoms in total. The van der Waals surface area contributed by atoms with E-state index in [2.05, 4.69) is 16.1 Å². The zero-order valence-corrected chi connectivity index (χ0v) is 9.18. The van der Waals surface area contributed by atoms with Crippen LogP contribution >= 0.6 is 0 Å². The van der Waals surface area contributed by atoms with Gasteiger partial charge in [-0.1, -0.05) is 18.2 Å². The van der Waals surface area contributed by atoms with Gasteiger partial charge >= 0.3 is 12.2 Å². The molecule has 0 amide bonds. The first-order valence-corrected chi connectivity index (χ1v) is 4.74. The minimum atomic E-state index is -0.440. The van der Waals surface area contributed by atoms with Crippen molar-refractivity contribution in [2.75, 3.05) is 7.11 Å². The number of esters is 1. The Labute approximate surface area is 94.0 Å². The SMILES string of the molecule is C=C(C=CC(=O)OC)CCCC(=O)C=[N+]=[N-]. The summed E-state index contributed by atoms with van der Waals surface area (Å²) in [6.07, 6.45) is 5.17. The van der Waals surface area contributed by atoms with E-state index in [1.165, 1.54) is 13.2 Å². The lowest BCUT2D eigenvalue weighted by Gasteiger charge is -1.97. The number of Topliss-reactive ketones (excluding diaryl/α,β-unsaturated/α-hetero) is 1. The fourth-order valence-corrected chi connectivity index (χ4v) is 0.956. The van der Waals surface area contributed by atoms with Crippen LogP contribution in [0.4, 0.5) is 0 Å². The highest BCUT2D eigenvalue weighted by Gasteiger charge is 2.02. The van der Waals surface area contributed by atoms with Gasteiger partial charge < -0.3 is 10.3 Å². The predicted octanol–water partition coefficient (Wildman–Crippen LogP) is 1.31. The normalized spacial score (nSPS) is 9.56. The number of carbonyl (C=O) groups excluding carboxylic acids is 2. The van der Waals surface area contributed by atoms with E-state index in [1.54, 1.807) is 6.08 Å². The molecular weight excluding hydrogens is 208 g/mol. The Morgan fingerprint density at radius 3 is 2.62 bits per heavy atom. The molecule has 0 rings (SSSR count). The number of rotatable bonds is 7. The first-order chi connectivity index (χ1) is 7.60. The molecule has 0 aromatic heterocycles. The van der Waals surface area contributed by atoms with Crippen LogP contribution in [0.25, 0.3) is 5.53 Å². The molecule has 0 saturated heterocycles. The van der Waals surface area contributed by atoms with Crippen LogP contribution in [0, 0.1) is 0 Å². The third-order valence-corrected chi connectivity index (χ3v) is 1.78. The average molecular weight is 222 g/mol. The number of hydrogen-bond acceptors (Lipinski definition) is 3. The molecule has 0 radical (unpaired) electrons. The van der Waals surface area contributed by atoms with Crippen molar-refractivity contribution in [2.24, 2.45) is 0 Å². The molecule has 0 aromatic rings. The lowest BCUT2D eigenvalue weighted by atomic mass is 10.1. The molecule has 0 aliphatic carbocycles. The second-order valence-electron chi connectivity index (χ2n) is 3.08. The van der Waals surface area contributed by atoms with Crippen LogP contribution < -0.4 is 0 Å². The monoisotopic (exact) mass is 222 g/mol. The molecule has 16 heavy (non-hydrogen) atoms. The van der Waals surface area contributed by atoms with E-state index in [4.69, 9.17) is 5.53 Å². The van der Waals surface area contributed by atoms with Gasteiger partial charge in [-0.15, -0.1) is 0 Å². The van der Waals surface area contributed by atoms with Gasteiger partial charge in [-0.25, -0.2) is 4.79 Å². The lowest BCUT2D eigenvalue weighted by Crippen LogP contribution is -1.99. The van der Waals surface area contributed by atoms with E-state index in [-0.39, 0.29) is 12.2 Å². The second-order valence-corrected chi connectivity index (χ2v) is 3.08. The van der Waals surface area contributed by atoms with Crippen LogP contribution in [0.5, 0.6) is 0 Å². The maximum atomic E-state index is 10.9. The molecule has 0 spiro atoms. The van der Waals surface area contributed by atoms with Gasteiger partial charge in [0.25, 0.3) is 0 Å². The van der Waals surface area contributed by atoms with Crippen molar-refractivity contribution in [2.45, 2.75) is 19.3 Å². The summed E-state index contributed by atoms with van der Waals surface area (Å²) in [7, 11) is 1.29. The molecule has 0 aliphatic heterocycles. The van der Waals surface area contributed by atoms with E-state index in [9.17, 15) is 9.59 Å². The largest absolute Gasteiger partial charge is 0.466 e. The number of ketones is 1. The van der Waals surface area contributed by atoms with Gasteiger partial charge in [0, 0.05) is 12.5 Å². The molecule has 0 bridgehead atoms. The van der Waals surface area contributed by atoms with Crippen molar-refractivity contribution in [3.05, 3.63) is 29.8 Å². The zero-order valence-electron chi connectivity index (χ0n) is 9.18. The number of nitrogens with zero attached hydrogens (tertiary/aromatic N) is 2. The third-order valence-electron chi connectivity index (χ3n) is 1.78. The Balaban J connectivity index is 3.82. The van der Waals surface area contributed by atoms with Crippen LogP contribution in [-0.2, 0) is 14.3 Å². The van der Waals surface area contributed by atoms with Gasteiger partial charge in [0.2, 0.25) is 5.78 Å². The van der Waals surface area contributed by atoms with Gasteiger partial charge in [0.1, 0.15) is 0 Å². The maximum absolute atomic E-state index is 10.9. The Kier molecular flexibility index (Phi) is 7.28. The van der Waals surface area contributed by atoms with Gasteiger partial charge in [0.05, 0.1) is 7.11 Å². The third kappa shape index (κ3) is 7.41. The highest BCUT2D eigenvalue weighted by atomic mass is 16.5. The van der Waals surface area contributed by atoms with Crippen molar-refractivity contribution < 1.29 is 19.1 Å². The summed E-state index contributed by atoms with van der Waals surface area (Å²) >= 11 is 0. The van der Waals surface area contributed by atoms with Crippen molar-refractivity contribution in [3.8, 4) is 0 Å². The molecule has 5 heteroatoms. The zero-order chi connectivity index (χ0) is 12.4. The fraction of sp³-hybridized carbons (Fsp3) is 0.364. The van der Waals surface area contributed by atoms with Crippen molar-refractivity contribution in [3.63, 3.8) is 0 Å². The number of hydrogen-bond donors (Lipinski definition) is 0. The van der Waals surface area contributed by atoms with E-state index < -0.39 is 5.97 Å². The molecule has 86 valence electrons. The van der Waals surface area contributed by atoms with Crippen molar-refractivity contribution in [1.29, 1.82) is 0 Å². The van der Waals surface area contributed by atoms with Crippen LogP contribution in [0.15, 0.2) is 24.3 Å². The molecule has 0 aromatic carbocycles. The smallest absolute Gasteiger partial charge is 0.330 e. The summed E-state index contributed by atoms with van der Waals surface area (Å²) < 4.78 is 4.41. The maximum Gasteiger partial charge on any atom is 0.330 e. The lowest BCUT2D eigenvalue weighted by molar-refractivity contribution is -0.134. The fourth-order valence-electron chi connectivity index (χ4n) is 0.956. The molecule has 0 aliphatic rings. The summed E-state index contributed by atoms with van der Waals surface area (Å²) in [6.45, 7) is 3.71. The summed E-state index contributed by atoms with van der Waals surface area (Å²) in [4.78, 5) is 24.3. The molecule has 0 unspecified atom stereocenters. The molecule has 0 N–H and O–H groups in total. The van der Waals surface area contributed by atoms with Crippen LogP contribution in [0.1, 0.15) is 19.3 Å². The average Bonchev–Trinajstić information content (AvgIpc) is 2.26. The standard InChI is InChI=1S/C11H14N2O3/c1-9(6-7-11(15)16-2)4-3-5-10(14)8-13-12/h6-8H,1,3-5H2,2H3. The summed E-state index contributed by atoms with van der Waals surface area (Å²) in [6, 6.07) is 0. The summed E-state index contributed by atoms with van der Waals surface area (Å²) in [5.74, 6) is -0.683. The van der Waals surface area contributed by atoms with Gasteiger partial charge in [-0.05, 0) is 12.8 Å². The molecule has 0 saturated carbocycles. The quantitative estimate of drug-likeness (QED) is 0.163. The van der Waals surface area contributed by atoms with E-state index in [1.807, 2.05) is 0 Å². The minimum absolute atomic E-state index is 0.243.